The highest BCUT2D eigenvalue weighted by Crippen LogP contribution is 1.96. The van der Waals surface area contributed by atoms with Crippen molar-refractivity contribution in [3.63, 3.8) is 0 Å². The molecule has 2 N–H and O–H groups in total. The third-order valence-corrected chi connectivity index (χ3v) is 2.00. The quantitative estimate of drug-likeness (QED) is 0.801. The second-order valence-corrected chi connectivity index (χ2v) is 3.19. The lowest BCUT2D eigenvalue weighted by molar-refractivity contribution is -0.121. The molecule has 1 rings (SSSR count). The summed E-state index contributed by atoms with van der Waals surface area (Å²) in [5.41, 5.74) is 5.62. The molecule has 0 aromatic heterocycles. The third kappa shape index (κ3) is 6.28. The summed E-state index contributed by atoms with van der Waals surface area (Å²) in [6.07, 6.45) is 0.843. The Morgan fingerprint density at radius 3 is 2.20 bits per heavy atom. The van der Waals surface area contributed by atoms with Crippen LogP contribution in [0.5, 0.6) is 0 Å². The van der Waals surface area contributed by atoms with Crippen molar-refractivity contribution >= 4 is 5.91 Å². The zero-order valence-corrected chi connectivity index (χ0v) is 9.10. The van der Waals surface area contributed by atoms with E-state index >= 15 is 0 Å². The van der Waals surface area contributed by atoms with Gasteiger partial charge in [0.15, 0.2) is 0 Å². The summed E-state index contributed by atoms with van der Waals surface area (Å²) in [7, 11) is 0. The van der Waals surface area contributed by atoms with Crippen molar-refractivity contribution in [1.29, 1.82) is 5.26 Å². The van der Waals surface area contributed by atoms with Crippen molar-refractivity contribution < 1.29 is 4.79 Å². The van der Waals surface area contributed by atoms with E-state index in [4.69, 9.17) is 11.0 Å². The minimum atomic E-state index is -0.206. The number of hydrogen-bond acceptors (Lipinski definition) is 2. The normalized spacial score (nSPS) is 10.5. The van der Waals surface area contributed by atoms with E-state index in [2.05, 4.69) is 0 Å². The molecule has 0 saturated carbocycles. The predicted molar refractivity (Wildman–Crippen MR) is 59.8 cm³/mol. The fourth-order valence-electron chi connectivity index (χ4n) is 0.714. The van der Waals surface area contributed by atoms with Crippen molar-refractivity contribution in [1.82, 2.24) is 0 Å². The van der Waals surface area contributed by atoms with E-state index in [1.54, 1.807) is 12.1 Å². The molecule has 1 aromatic rings. The van der Waals surface area contributed by atoms with Crippen molar-refractivity contribution in [2.75, 3.05) is 0 Å². The van der Waals surface area contributed by atoms with Gasteiger partial charge in [0.25, 0.3) is 0 Å². The van der Waals surface area contributed by atoms with E-state index in [0.717, 1.165) is 6.42 Å². The molecule has 1 atom stereocenters. The second kappa shape index (κ2) is 7.57. The Morgan fingerprint density at radius 1 is 1.47 bits per heavy atom. The fourth-order valence-corrected chi connectivity index (χ4v) is 0.714. The Balaban J connectivity index is 0.000000265. The van der Waals surface area contributed by atoms with E-state index < -0.39 is 0 Å². The number of amides is 1. The first-order valence-corrected chi connectivity index (χ1v) is 4.86. The Bertz CT molecular complexity index is 327. The lowest BCUT2D eigenvalue weighted by Crippen LogP contribution is -2.19. The molecule has 1 amide bonds. The molecule has 3 heteroatoms. The molecule has 15 heavy (non-hydrogen) atoms. The molecule has 0 bridgehead atoms. The van der Waals surface area contributed by atoms with Crippen LogP contribution in [-0.4, -0.2) is 5.91 Å². The summed E-state index contributed by atoms with van der Waals surface area (Å²) in [4.78, 5) is 10.2. The summed E-state index contributed by atoms with van der Waals surface area (Å²) < 4.78 is 0. The van der Waals surface area contributed by atoms with Crippen LogP contribution in [0.3, 0.4) is 0 Å². The van der Waals surface area contributed by atoms with Crippen LogP contribution in [0.2, 0.25) is 0 Å². The van der Waals surface area contributed by atoms with Crippen molar-refractivity contribution in [3.05, 3.63) is 35.9 Å². The minimum Gasteiger partial charge on any atom is -0.369 e. The average Bonchev–Trinajstić information content (AvgIpc) is 2.29. The maximum atomic E-state index is 10.2. The number of benzene rings is 1. The van der Waals surface area contributed by atoms with Crippen LogP contribution in [0.25, 0.3) is 0 Å². The topological polar surface area (TPSA) is 66.9 Å². The van der Waals surface area contributed by atoms with Gasteiger partial charge in [-0.05, 0) is 18.6 Å². The molecular weight excluding hydrogens is 188 g/mol. The minimum absolute atomic E-state index is 0.0417. The number of rotatable bonds is 2. The van der Waals surface area contributed by atoms with E-state index in [1.807, 2.05) is 38.1 Å². The smallest absolute Gasteiger partial charge is 0.220 e. The number of primary amides is 1. The van der Waals surface area contributed by atoms with E-state index in [-0.39, 0.29) is 11.8 Å². The van der Waals surface area contributed by atoms with Gasteiger partial charge in [-0.2, -0.15) is 5.26 Å². The van der Waals surface area contributed by atoms with Crippen LogP contribution in [0.4, 0.5) is 0 Å². The molecule has 0 radical (unpaired) electrons. The van der Waals surface area contributed by atoms with Gasteiger partial charge in [-0.25, -0.2) is 0 Å². The summed E-state index contributed by atoms with van der Waals surface area (Å²) >= 11 is 0. The molecule has 1 aromatic carbocycles. The first kappa shape index (κ1) is 13.2. The standard InChI is InChI=1S/C7H5N.C5H11NO/c8-6-7-4-2-1-3-5-7;1-3-4(2)5(6)7/h1-5H;4H,3H2,1-2H3,(H2,6,7). The zero-order chi connectivity index (χ0) is 11.7. The summed E-state index contributed by atoms with van der Waals surface area (Å²) in [5.74, 6) is -0.164. The number of carbonyl (C=O) groups excluding carboxylic acids is 1. The molecule has 0 aliphatic carbocycles. The highest BCUT2D eigenvalue weighted by molar-refractivity contribution is 5.76. The SMILES string of the molecule is CCC(C)C(N)=O.N#Cc1ccccc1. The Kier molecular flexibility index (Phi) is 6.65. The Hall–Kier alpha value is -1.82. The zero-order valence-electron chi connectivity index (χ0n) is 9.10. The molecule has 0 aliphatic rings. The van der Waals surface area contributed by atoms with Crippen molar-refractivity contribution in [2.24, 2.45) is 11.7 Å². The first-order valence-electron chi connectivity index (χ1n) is 4.86. The Morgan fingerprint density at radius 2 is 2.00 bits per heavy atom. The van der Waals surface area contributed by atoms with Crippen LogP contribution >= 0.6 is 0 Å². The van der Waals surface area contributed by atoms with Crippen LogP contribution < -0.4 is 5.73 Å². The monoisotopic (exact) mass is 204 g/mol. The van der Waals surface area contributed by atoms with Gasteiger partial charge in [0.05, 0.1) is 11.6 Å². The summed E-state index contributed by atoms with van der Waals surface area (Å²) in [6, 6.07) is 11.2. The van der Waals surface area contributed by atoms with E-state index in [0.29, 0.717) is 5.56 Å². The van der Waals surface area contributed by atoms with Gasteiger partial charge in [-0.3, -0.25) is 4.79 Å². The van der Waals surface area contributed by atoms with Crippen LogP contribution in [-0.2, 0) is 4.79 Å². The molecule has 0 fully saturated rings. The van der Waals surface area contributed by atoms with Gasteiger partial charge in [-0.15, -0.1) is 0 Å². The van der Waals surface area contributed by atoms with Gasteiger partial charge in [0.1, 0.15) is 0 Å². The number of hydrogen-bond donors (Lipinski definition) is 1. The molecule has 0 aliphatic heterocycles. The molecular formula is C12H16N2O. The molecule has 80 valence electrons. The number of nitrogens with two attached hydrogens (primary N) is 1. The largest absolute Gasteiger partial charge is 0.369 e. The van der Waals surface area contributed by atoms with Crippen molar-refractivity contribution in [2.45, 2.75) is 20.3 Å². The van der Waals surface area contributed by atoms with Crippen LogP contribution in [0.1, 0.15) is 25.8 Å². The highest BCUT2D eigenvalue weighted by Gasteiger charge is 2.02. The second-order valence-electron chi connectivity index (χ2n) is 3.19. The van der Waals surface area contributed by atoms with E-state index in [9.17, 15) is 4.79 Å². The average molecular weight is 204 g/mol. The molecule has 0 heterocycles. The summed E-state index contributed by atoms with van der Waals surface area (Å²) in [5, 5.41) is 8.29. The first-order chi connectivity index (χ1) is 7.11. The maximum absolute atomic E-state index is 10.2. The number of nitrogens with zero attached hydrogens (tertiary/aromatic N) is 1. The van der Waals surface area contributed by atoms with Crippen molar-refractivity contribution in [3.8, 4) is 6.07 Å². The molecule has 0 saturated heterocycles. The van der Waals surface area contributed by atoms with Crippen LogP contribution in [0.15, 0.2) is 30.3 Å². The van der Waals surface area contributed by atoms with Gasteiger partial charge in [-0.1, -0.05) is 32.0 Å². The van der Waals surface area contributed by atoms with Gasteiger partial charge >= 0.3 is 0 Å². The van der Waals surface area contributed by atoms with Gasteiger partial charge < -0.3 is 5.73 Å². The van der Waals surface area contributed by atoms with Crippen LogP contribution in [0, 0.1) is 17.2 Å². The Labute approximate surface area is 90.5 Å². The lowest BCUT2D eigenvalue weighted by Gasteiger charge is -1.98. The number of carbonyl (C=O) groups is 1. The predicted octanol–water partition coefficient (Wildman–Crippen LogP) is 2.08. The van der Waals surface area contributed by atoms with E-state index in [1.165, 1.54) is 0 Å². The number of nitriles is 1. The maximum Gasteiger partial charge on any atom is 0.220 e. The van der Waals surface area contributed by atoms with Gasteiger partial charge in [0, 0.05) is 5.92 Å². The third-order valence-electron chi connectivity index (χ3n) is 2.00. The molecule has 3 nitrogen and oxygen atoms in total. The molecule has 0 spiro atoms. The molecule has 1 unspecified atom stereocenters. The lowest BCUT2D eigenvalue weighted by atomic mass is 10.1. The van der Waals surface area contributed by atoms with Gasteiger partial charge in [0.2, 0.25) is 5.91 Å². The summed E-state index contributed by atoms with van der Waals surface area (Å²) in [6.45, 7) is 3.76. The fraction of sp³-hybridized carbons (Fsp3) is 0.333. The highest BCUT2D eigenvalue weighted by atomic mass is 16.1.